The van der Waals surface area contributed by atoms with Crippen molar-refractivity contribution >= 4 is 28.6 Å². The number of rotatable bonds is 3. The minimum Gasteiger partial charge on any atom is -0.436 e. The Morgan fingerprint density at radius 1 is 1.12 bits per heavy atom. The summed E-state index contributed by atoms with van der Waals surface area (Å²) in [7, 11) is 0. The molecule has 0 spiro atoms. The van der Waals surface area contributed by atoms with Crippen LogP contribution in [-0.2, 0) is 11.2 Å². The molecule has 0 radical (unpaired) electrons. The number of likely N-dealkylation sites (tertiary alicyclic amines) is 1. The third-order valence-corrected chi connectivity index (χ3v) is 4.60. The lowest BCUT2D eigenvalue weighted by Crippen LogP contribution is -2.28. The molecule has 1 amide bonds. The Bertz CT molecular complexity index is 880. The molecule has 4 nitrogen and oxygen atoms in total. The largest absolute Gasteiger partial charge is 0.436 e. The van der Waals surface area contributed by atoms with Crippen LogP contribution in [-0.4, -0.2) is 28.9 Å². The monoisotopic (exact) mass is 340 g/mol. The third-order valence-electron chi connectivity index (χ3n) is 4.36. The summed E-state index contributed by atoms with van der Waals surface area (Å²) < 4.78 is 5.77. The lowest BCUT2D eigenvalue weighted by atomic mass is 10.1. The molecule has 0 aliphatic carbocycles. The quantitative estimate of drug-likeness (QED) is 0.713. The number of aromatic nitrogens is 1. The van der Waals surface area contributed by atoms with E-state index in [0.29, 0.717) is 22.9 Å². The molecule has 1 fully saturated rings. The van der Waals surface area contributed by atoms with Gasteiger partial charge in [0.25, 0.3) is 0 Å². The maximum Gasteiger partial charge on any atom is 0.227 e. The summed E-state index contributed by atoms with van der Waals surface area (Å²) in [6.45, 7) is 1.78. The molecular formula is C19H17ClN2O2. The molecule has 1 saturated heterocycles. The first kappa shape index (κ1) is 15.2. The van der Waals surface area contributed by atoms with Crippen molar-refractivity contribution in [2.75, 3.05) is 13.1 Å². The van der Waals surface area contributed by atoms with E-state index in [1.54, 1.807) is 12.1 Å². The van der Waals surface area contributed by atoms with Gasteiger partial charge < -0.3 is 9.32 Å². The van der Waals surface area contributed by atoms with Gasteiger partial charge in [0.1, 0.15) is 5.52 Å². The molecule has 0 saturated carbocycles. The number of carbonyl (C=O) groups is 1. The van der Waals surface area contributed by atoms with Crippen molar-refractivity contribution in [1.82, 2.24) is 9.88 Å². The van der Waals surface area contributed by atoms with Gasteiger partial charge in [-0.2, -0.15) is 0 Å². The van der Waals surface area contributed by atoms with E-state index in [1.807, 2.05) is 35.2 Å². The molecule has 0 unspecified atom stereocenters. The fourth-order valence-electron chi connectivity index (χ4n) is 3.04. The van der Waals surface area contributed by atoms with E-state index in [4.69, 9.17) is 16.0 Å². The first-order valence-electron chi connectivity index (χ1n) is 8.12. The third kappa shape index (κ3) is 3.02. The highest BCUT2D eigenvalue weighted by Gasteiger charge is 2.18. The van der Waals surface area contributed by atoms with Gasteiger partial charge in [-0.25, -0.2) is 4.98 Å². The zero-order valence-electron chi connectivity index (χ0n) is 13.2. The van der Waals surface area contributed by atoms with Crippen LogP contribution in [0.15, 0.2) is 46.9 Å². The number of carbonyl (C=O) groups excluding carboxylic acids is 1. The fraction of sp³-hybridized carbons (Fsp3) is 0.263. The number of fused-ring (bicyclic) bond motifs is 1. The van der Waals surface area contributed by atoms with Gasteiger partial charge in [-0.05, 0) is 48.7 Å². The predicted molar refractivity (Wildman–Crippen MR) is 94.0 cm³/mol. The SMILES string of the molecule is O=C(Cc1ccc(-c2nc3cc(Cl)ccc3o2)cc1)N1CCCC1. The number of hydrogen-bond donors (Lipinski definition) is 0. The number of benzene rings is 2. The van der Waals surface area contributed by atoms with Gasteiger partial charge >= 0.3 is 0 Å². The summed E-state index contributed by atoms with van der Waals surface area (Å²) in [5.41, 5.74) is 3.35. The molecule has 1 aliphatic heterocycles. The van der Waals surface area contributed by atoms with Crippen LogP contribution >= 0.6 is 11.6 Å². The Morgan fingerprint density at radius 2 is 1.88 bits per heavy atom. The standard InChI is InChI=1S/C19H17ClN2O2/c20-15-7-8-17-16(12-15)21-19(24-17)14-5-3-13(4-6-14)11-18(23)22-9-1-2-10-22/h3-8,12H,1-2,9-11H2. The Hall–Kier alpha value is -2.33. The van der Waals surface area contributed by atoms with Gasteiger partial charge in [-0.3, -0.25) is 4.79 Å². The number of halogens is 1. The van der Waals surface area contributed by atoms with Crippen molar-refractivity contribution in [2.45, 2.75) is 19.3 Å². The molecule has 5 heteroatoms. The second-order valence-electron chi connectivity index (χ2n) is 6.09. The fourth-order valence-corrected chi connectivity index (χ4v) is 3.21. The smallest absolute Gasteiger partial charge is 0.227 e. The van der Waals surface area contributed by atoms with Crippen molar-refractivity contribution in [3.8, 4) is 11.5 Å². The van der Waals surface area contributed by atoms with E-state index >= 15 is 0 Å². The summed E-state index contributed by atoms with van der Waals surface area (Å²) in [5.74, 6) is 0.765. The van der Waals surface area contributed by atoms with Crippen molar-refractivity contribution < 1.29 is 9.21 Å². The minimum atomic E-state index is 0.205. The first-order chi connectivity index (χ1) is 11.7. The van der Waals surface area contributed by atoms with Gasteiger partial charge in [-0.1, -0.05) is 23.7 Å². The molecule has 1 aliphatic rings. The minimum absolute atomic E-state index is 0.205. The van der Waals surface area contributed by atoms with Crippen LogP contribution in [0.5, 0.6) is 0 Å². The summed E-state index contributed by atoms with van der Waals surface area (Å²) in [6.07, 6.45) is 2.68. The lowest BCUT2D eigenvalue weighted by Gasteiger charge is -2.15. The van der Waals surface area contributed by atoms with Crippen LogP contribution in [0.3, 0.4) is 0 Å². The Labute approximate surface area is 145 Å². The summed E-state index contributed by atoms with van der Waals surface area (Å²) >= 11 is 5.98. The van der Waals surface area contributed by atoms with Gasteiger partial charge in [0.2, 0.25) is 11.8 Å². The second-order valence-corrected chi connectivity index (χ2v) is 6.53. The normalized spacial score (nSPS) is 14.5. The van der Waals surface area contributed by atoms with Gasteiger partial charge in [0.15, 0.2) is 5.58 Å². The lowest BCUT2D eigenvalue weighted by molar-refractivity contribution is -0.129. The van der Waals surface area contributed by atoms with Gasteiger partial charge in [0, 0.05) is 23.7 Å². The molecule has 1 aromatic heterocycles. The zero-order chi connectivity index (χ0) is 16.5. The van der Waals surface area contributed by atoms with E-state index in [1.165, 1.54) is 0 Å². The molecular weight excluding hydrogens is 324 g/mol. The molecule has 0 atom stereocenters. The second kappa shape index (κ2) is 6.29. The maximum absolute atomic E-state index is 12.2. The summed E-state index contributed by atoms with van der Waals surface area (Å²) in [4.78, 5) is 18.6. The molecule has 0 bridgehead atoms. The average molecular weight is 341 g/mol. The highest BCUT2D eigenvalue weighted by Crippen LogP contribution is 2.26. The summed E-state index contributed by atoms with van der Waals surface area (Å²) in [6, 6.07) is 13.2. The molecule has 3 aromatic rings. The van der Waals surface area contributed by atoms with E-state index in [-0.39, 0.29) is 5.91 Å². The number of amides is 1. The number of nitrogens with zero attached hydrogens (tertiary/aromatic N) is 2. The average Bonchev–Trinajstić information content (AvgIpc) is 3.24. The van der Waals surface area contributed by atoms with E-state index < -0.39 is 0 Å². The van der Waals surface area contributed by atoms with Crippen molar-refractivity contribution in [3.05, 3.63) is 53.1 Å². The maximum atomic E-state index is 12.2. The number of hydrogen-bond acceptors (Lipinski definition) is 3. The van der Waals surface area contributed by atoms with Crippen molar-refractivity contribution in [3.63, 3.8) is 0 Å². The Morgan fingerprint density at radius 3 is 2.62 bits per heavy atom. The van der Waals surface area contributed by atoms with Crippen LogP contribution < -0.4 is 0 Å². The Kier molecular flexibility index (Phi) is 3.98. The summed E-state index contributed by atoms with van der Waals surface area (Å²) in [5, 5.41) is 0.637. The topological polar surface area (TPSA) is 46.3 Å². The van der Waals surface area contributed by atoms with E-state index in [0.717, 1.165) is 42.6 Å². The molecule has 122 valence electrons. The van der Waals surface area contributed by atoms with Gasteiger partial charge in [0.05, 0.1) is 6.42 Å². The Balaban J connectivity index is 1.53. The molecule has 0 N–H and O–H groups in total. The van der Waals surface area contributed by atoms with Crippen LogP contribution in [0, 0.1) is 0 Å². The van der Waals surface area contributed by atoms with E-state index in [2.05, 4.69) is 4.98 Å². The van der Waals surface area contributed by atoms with Crippen molar-refractivity contribution in [2.24, 2.45) is 0 Å². The molecule has 4 rings (SSSR count). The van der Waals surface area contributed by atoms with Gasteiger partial charge in [-0.15, -0.1) is 0 Å². The van der Waals surface area contributed by atoms with E-state index in [9.17, 15) is 4.79 Å². The van der Waals surface area contributed by atoms with Crippen LogP contribution in [0.4, 0.5) is 0 Å². The molecule has 24 heavy (non-hydrogen) atoms. The predicted octanol–water partition coefficient (Wildman–Crippen LogP) is 4.31. The van der Waals surface area contributed by atoms with Crippen LogP contribution in [0.25, 0.3) is 22.6 Å². The van der Waals surface area contributed by atoms with Crippen LogP contribution in [0.2, 0.25) is 5.02 Å². The van der Waals surface area contributed by atoms with Crippen LogP contribution in [0.1, 0.15) is 18.4 Å². The molecule has 2 heterocycles. The molecule has 2 aromatic carbocycles. The first-order valence-corrected chi connectivity index (χ1v) is 8.50. The zero-order valence-corrected chi connectivity index (χ0v) is 13.9. The highest BCUT2D eigenvalue weighted by molar-refractivity contribution is 6.31. The number of oxazole rings is 1. The van der Waals surface area contributed by atoms with Crippen molar-refractivity contribution in [1.29, 1.82) is 0 Å². The highest BCUT2D eigenvalue weighted by atomic mass is 35.5.